The lowest BCUT2D eigenvalue weighted by Gasteiger charge is -2.19. The van der Waals surface area contributed by atoms with Gasteiger partial charge in [0, 0.05) is 38.1 Å². The molecular formula is C21H23N7S2. The number of hydrogen-bond acceptors (Lipinski definition) is 7. The second kappa shape index (κ2) is 9.36. The summed E-state index contributed by atoms with van der Waals surface area (Å²) < 4.78 is 0. The van der Waals surface area contributed by atoms with Gasteiger partial charge in [0.15, 0.2) is 10.3 Å². The highest BCUT2D eigenvalue weighted by atomic mass is 32.2. The molecule has 1 aliphatic heterocycles. The van der Waals surface area contributed by atoms with Gasteiger partial charge in [0.05, 0.1) is 0 Å². The molecule has 0 unspecified atom stereocenters. The van der Waals surface area contributed by atoms with Crippen LogP contribution in [-0.4, -0.2) is 31.6 Å². The number of thiocarbonyl (C=S) groups is 1. The van der Waals surface area contributed by atoms with Gasteiger partial charge in [-0.05, 0) is 47.1 Å². The Morgan fingerprint density at radius 2 is 1.80 bits per heavy atom. The van der Waals surface area contributed by atoms with E-state index in [1.165, 1.54) is 22.9 Å². The lowest BCUT2D eigenvalue weighted by Crippen LogP contribution is -2.32. The molecule has 0 saturated carbocycles. The summed E-state index contributed by atoms with van der Waals surface area (Å²) >= 11 is 6.82. The monoisotopic (exact) mass is 437 g/mol. The lowest BCUT2D eigenvalue weighted by molar-refractivity contribution is 0.627. The standard InChI is InChI=1S/C21H23N7S2/c1-14(2)11-24-20(29)27-19-25-17(28-12-15-6-3-4-7-16(15)13-28)10-18(26-19)30-21-22-8-5-9-23-21/h3-10,14H,11-13H2,1-2H3,(H2,24,25,26,27,29). The van der Waals surface area contributed by atoms with E-state index in [-0.39, 0.29) is 0 Å². The first-order valence-electron chi connectivity index (χ1n) is 9.77. The highest BCUT2D eigenvalue weighted by molar-refractivity contribution is 7.99. The van der Waals surface area contributed by atoms with E-state index in [0.29, 0.717) is 22.1 Å². The predicted molar refractivity (Wildman–Crippen MR) is 124 cm³/mol. The number of hydrogen-bond donors (Lipinski definition) is 2. The minimum atomic E-state index is 0.461. The summed E-state index contributed by atoms with van der Waals surface area (Å²) in [6.45, 7) is 6.68. The van der Waals surface area contributed by atoms with E-state index in [9.17, 15) is 0 Å². The van der Waals surface area contributed by atoms with Crippen molar-refractivity contribution in [1.29, 1.82) is 0 Å². The van der Waals surface area contributed by atoms with Crippen LogP contribution in [0.4, 0.5) is 11.8 Å². The van der Waals surface area contributed by atoms with E-state index in [4.69, 9.17) is 17.2 Å². The summed E-state index contributed by atoms with van der Waals surface area (Å²) in [6, 6.07) is 12.2. The molecule has 1 aromatic carbocycles. The van der Waals surface area contributed by atoms with Crippen molar-refractivity contribution in [1.82, 2.24) is 25.3 Å². The second-order valence-corrected chi connectivity index (χ2v) is 8.77. The van der Waals surface area contributed by atoms with Gasteiger partial charge in [-0.3, -0.25) is 0 Å². The number of aromatic nitrogens is 4. The van der Waals surface area contributed by atoms with Crippen LogP contribution in [0.15, 0.2) is 59.0 Å². The fourth-order valence-corrected chi connectivity index (χ4v) is 3.94. The Kier molecular flexibility index (Phi) is 6.39. The number of rotatable bonds is 6. The largest absolute Gasteiger partial charge is 0.362 e. The molecular weight excluding hydrogens is 414 g/mol. The van der Waals surface area contributed by atoms with Crippen LogP contribution in [0.25, 0.3) is 0 Å². The van der Waals surface area contributed by atoms with Gasteiger partial charge in [0.1, 0.15) is 10.8 Å². The van der Waals surface area contributed by atoms with Gasteiger partial charge < -0.3 is 15.5 Å². The van der Waals surface area contributed by atoms with Crippen molar-refractivity contribution >= 4 is 40.9 Å². The van der Waals surface area contributed by atoms with Gasteiger partial charge in [-0.25, -0.2) is 15.0 Å². The van der Waals surface area contributed by atoms with Gasteiger partial charge in [-0.2, -0.15) is 4.98 Å². The molecule has 0 amide bonds. The molecule has 2 N–H and O–H groups in total. The molecule has 3 aromatic rings. The van der Waals surface area contributed by atoms with Crippen LogP contribution in [-0.2, 0) is 13.1 Å². The molecule has 0 radical (unpaired) electrons. The number of anilines is 2. The summed E-state index contributed by atoms with van der Waals surface area (Å²) in [5.41, 5.74) is 2.64. The Morgan fingerprint density at radius 1 is 1.10 bits per heavy atom. The van der Waals surface area contributed by atoms with Crippen molar-refractivity contribution in [2.24, 2.45) is 5.92 Å². The first kappa shape index (κ1) is 20.5. The second-order valence-electron chi connectivity index (χ2n) is 7.38. The van der Waals surface area contributed by atoms with E-state index in [0.717, 1.165) is 30.5 Å². The smallest absolute Gasteiger partial charge is 0.232 e. The Labute approximate surface area is 185 Å². The van der Waals surface area contributed by atoms with Crippen molar-refractivity contribution in [3.05, 3.63) is 59.9 Å². The summed E-state index contributed by atoms with van der Waals surface area (Å²) in [5, 5.41) is 8.23. The maximum absolute atomic E-state index is 5.41. The molecule has 0 bridgehead atoms. The summed E-state index contributed by atoms with van der Waals surface area (Å²) in [4.78, 5) is 20.2. The Bertz CT molecular complexity index is 1000. The Morgan fingerprint density at radius 3 is 2.47 bits per heavy atom. The molecule has 1 aliphatic rings. The molecule has 3 heterocycles. The van der Waals surface area contributed by atoms with Crippen LogP contribution in [0.5, 0.6) is 0 Å². The minimum Gasteiger partial charge on any atom is -0.362 e. The summed E-state index contributed by atoms with van der Waals surface area (Å²) in [5.74, 6) is 1.79. The summed E-state index contributed by atoms with van der Waals surface area (Å²) in [7, 11) is 0. The van der Waals surface area contributed by atoms with Gasteiger partial charge >= 0.3 is 0 Å². The third kappa shape index (κ3) is 5.22. The molecule has 154 valence electrons. The lowest BCUT2D eigenvalue weighted by atomic mass is 10.1. The maximum Gasteiger partial charge on any atom is 0.232 e. The highest BCUT2D eigenvalue weighted by Gasteiger charge is 2.21. The van der Waals surface area contributed by atoms with Crippen LogP contribution >= 0.6 is 24.0 Å². The van der Waals surface area contributed by atoms with E-state index in [1.807, 2.05) is 6.07 Å². The average Bonchev–Trinajstić information content (AvgIpc) is 3.17. The van der Waals surface area contributed by atoms with Gasteiger partial charge in [0.2, 0.25) is 5.95 Å². The fourth-order valence-electron chi connectivity index (χ4n) is 3.05. The molecule has 4 rings (SSSR count). The summed E-state index contributed by atoms with van der Waals surface area (Å²) in [6.07, 6.45) is 3.44. The number of nitrogens with one attached hydrogen (secondary N) is 2. The van der Waals surface area contributed by atoms with E-state index < -0.39 is 0 Å². The quantitative estimate of drug-likeness (QED) is 0.339. The van der Waals surface area contributed by atoms with Crippen molar-refractivity contribution in [3.63, 3.8) is 0 Å². The van der Waals surface area contributed by atoms with E-state index in [2.05, 4.69) is 68.6 Å². The van der Waals surface area contributed by atoms with Crippen LogP contribution in [0.2, 0.25) is 0 Å². The average molecular weight is 438 g/mol. The number of benzene rings is 1. The molecule has 0 spiro atoms. The zero-order chi connectivity index (χ0) is 20.9. The third-order valence-corrected chi connectivity index (χ3v) is 5.55. The molecule has 30 heavy (non-hydrogen) atoms. The van der Waals surface area contributed by atoms with Crippen molar-refractivity contribution in [3.8, 4) is 0 Å². The van der Waals surface area contributed by atoms with Crippen molar-refractivity contribution in [2.45, 2.75) is 37.1 Å². The van der Waals surface area contributed by atoms with Crippen LogP contribution < -0.4 is 15.5 Å². The topological polar surface area (TPSA) is 78.9 Å². The first-order chi connectivity index (χ1) is 14.6. The van der Waals surface area contributed by atoms with Crippen molar-refractivity contribution in [2.75, 3.05) is 16.8 Å². The molecule has 2 aromatic heterocycles. The highest BCUT2D eigenvalue weighted by Crippen LogP contribution is 2.31. The predicted octanol–water partition coefficient (Wildman–Crippen LogP) is 3.88. The minimum absolute atomic E-state index is 0.461. The van der Waals surface area contributed by atoms with E-state index in [1.54, 1.807) is 18.5 Å². The normalized spacial score (nSPS) is 12.7. The van der Waals surface area contributed by atoms with Crippen LogP contribution in [0, 0.1) is 5.92 Å². The Hall–Kier alpha value is -2.78. The molecule has 0 atom stereocenters. The zero-order valence-electron chi connectivity index (χ0n) is 16.9. The van der Waals surface area contributed by atoms with Gasteiger partial charge in [0.25, 0.3) is 0 Å². The zero-order valence-corrected chi connectivity index (χ0v) is 18.5. The van der Waals surface area contributed by atoms with Gasteiger partial charge in [-0.1, -0.05) is 38.1 Å². The molecule has 0 fully saturated rings. The number of nitrogens with zero attached hydrogens (tertiary/aromatic N) is 5. The van der Waals surface area contributed by atoms with Crippen LogP contribution in [0.3, 0.4) is 0 Å². The molecule has 9 heteroatoms. The molecule has 0 aliphatic carbocycles. The number of fused-ring (bicyclic) bond motifs is 1. The molecule has 7 nitrogen and oxygen atoms in total. The Balaban J connectivity index is 1.58. The SMILES string of the molecule is CC(C)CNC(=S)Nc1nc(Sc2ncccn2)cc(N2Cc3ccccc3C2)n1. The molecule has 0 saturated heterocycles. The van der Waals surface area contributed by atoms with E-state index >= 15 is 0 Å². The van der Waals surface area contributed by atoms with Crippen molar-refractivity contribution < 1.29 is 0 Å². The third-order valence-electron chi connectivity index (χ3n) is 4.49. The first-order valence-corrected chi connectivity index (χ1v) is 11.0. The van der Waals surface area contributed by atoms with Crippen LogP contribution in [0.1, 0.15) is 25.0 Å². The maximum atomic E-state index is 5.41. The van der Waals surface area contributed by atoms with Gasteiger partial charge in [-0.15, -0.1) is 0 Å². The fraction of sp³-hybridized carbons (Fsp3) is 0.286.